The van der Waals surface area contributed by atoms with Gasteiger partial charge in [-0.25, -0.2) is 0 Å². The lowest BCUT2D eigenvalue weighted by atomic mass is 9.91. The van der Waals surface area contributed by atoms with Gasteiger partial charge in [0.15, 0.2) is 0 Å². The summed E-state index contributed by atoms with van der Waals surface area (Å²) in [6, 6.07) is 11.2. The Balaban J connectivity index is 2.14. The highest BCUT2D eigenvalue weighted by molar-refractivity contribution is 6.30. The summed E-state index contributed by atoms with van der Waals surface area (Å²) in [6.45, 7) is 1.77. The van der Waals surface area contributed by atoms with E-state index >= 15 is 0 Å². The van der Waals surface area contributed by atoms with Gasteiger partial charge in [-0.3, -0.25) is 10.1 Å². The van der Waals surface area contributed by atoms with E-state index in [0.717, 1.165) is 22.3 Å². The minimum atomic E-state index is -0.213. The summed E-state index contributed by atoms with van der Waals surface area (Å²) in [4.78, 5) is 15.9. The number of anilines is 1. The minimum Gasteiger partial charge on any atom is -0.496 e. The largest absolute Gasteiger partial charge is 0.496 e. The Hall–Kier alpha value is -2.90. The van der Waals surface area contributed by atoms with Gasteiger partial charge < -0.3 is 14.4 Å². The topological polar surface area (TPSA) is 97.5 Å². The zero-order valence-corrected chi connectivity index (χ0v) is 17.0. The van der Waals surface area contributed by atoms with Crippen LogP contribution in [0, 0.1) is 0 Å². The van der Waals surface area contributed by atoms with Gasteiger partial charge >= 0.3 is 6.01 Å². The van der Waals surface area contributed by atoms with Crippen LogP contribution >= 0.6 is 11.6 Å². The molecule has 3 aromatic rings. The molecule has 2 aromatic carbocycles. The van der Waals surface area contributed by atoms with Crippen LogP contribution in [0.15, 0.2) is 40.9 Å². The summed E-state index contributed by atoms with van der Waals surface area (Å²) >= 11 is 6.21. The van der Waals surface area contributed by atoms with Gasteiger partial charge in [-0.1, -0.05) is 35.8 Å². The van der Waals surface area contributed by atoms with Crippen molar-refractivity contribution < 1.29 is 19.2 Å². The van der Waals surface area contributed by atoms with Crippen molar-refractivity contribution in [1.29, 1.82) is 0 Å². The first-order valence-electron chi connectivity index (χ1n) is 9.28. The average Bonchev–Trinajstić information content (AvgIpc) is 3.19. The van der Waals surface area contributed by atoms with Crippen LogP contribution in [-0.4, -0.2) is 34.9 Å². The molecule has 0 fully saturated rings. The van der Waals surface area contributed by atoms with Crippen molar-refractivity contribution in [2.75, 3.05) is 19.0 Å². The molecule has 2 N–H and O–H groups in total. The second-order valence-electron chi connectivity index (χ2n) is 6.33. The van der Waals surface area contributed by atoms with Gasteiger partial charge in [0.1, 0.15) is 5.75 Å². The number of aliphatic hydroxyl groups is 1. The summed E-state index contributed by atoms with van der Waals surface area (Å²) in [5.41, 5.74) is 3.36. The summed E-state index contributed by atoms with van der Waals surface area (Å²) < 4.78 is 10.8. The van der Waals surface area contributed by atoms with Crippen LogP contribution in [0.3, 0.4) is 0 Å². The number of hydrogen-bond donors (Lipinski definition) is 2. The number of hydrogen-bond acceptors (Lipinski definition) is 6. The van der Waals surface area contributed by atoms with E-state index in [1.165, 1.54) is 0 Å². The molecular formula is C21H22ClN3O4. The molecule has 0 unspecified atom stereocenters. The number of carbonyl (C=O) groups is 1. The maximum absolute atomic E-state index is 11.6. The predicted octanol–water partition coefficient (Wildman–Crippen LogP) is 4.34. The molecule has 0 spiro atoms. The van der Waals surface area contributed by atoms with Crippen molar-refractivity contribution in [2.45, 2.75) is 26.2 Å². The molecule has 0 radical (unpaired) electrons. The highest BCUT2D eigenvalue weighted by Gasteiger charge is 2.20. The number of methoxy groups -OCH3 is 1. The number of amides is 1. The van der Waals surface area contributed by atoms with E-state index in [9.17, 15) is 9.90 Å². The summed E-state index contributed by atoms with van der Waals surface area (Å²) in [7, 11) is 1.60. The van der Waals surface area contributed by atoms with Crippen LogP contribution in [-0.2, 0) is 11.2 Å². The fraction of sp³-hybridized carbons (Fsp3) is 0.286. The van der Waals surface area contributed by atoms with Gasteiger partial charge in [0, 0.05) is 29.2 Å². The standard InChI is InChI=1S/C21H22ClN3O4/c1-3-18(27)23-21-24-20(25-29-21)16-9-10-17(28-2)19(15(16)8-5-11-26)13-6-4-7-14(22)12-13/h4,6-7,9-10,12,26H,3,5,8,11H2,1-2H3,(H,23,24,25,27). The maximum Gasteiger partial charge on any atom is 0.328 e. The molecule has 0 aliphatic carbocycles. The van der Waals surface area contributed by atoms with E-state index < -0.39 is 0 Å². The fourth-order valence-electron chi connectivity index (χ4n) is 3.07. The highest BCUT2D eigenvalue weighted by Crippen LogP contribution is 2.40. The van der Waals surface area contributed by atoms with Gasteiger partial charge in [-0.2, -0.15) is 4.98 Å². The molecule has 29 heavy (non-hydrogen) atoms. The Morgan fingerprint density at radius 1 is 1.31 bits per heavy atom. The fourth-order valence-corrected chi connectivity index (χ4v) is 3.26. The average molecular weight is 416 g/mol. The lowest BCUT2D eigenvalue weighted by Gasteiger charge is -2.17. The van der Waals surface area contributed by atoms with Crippen molar-refractivity contribution in [3.8, 4) is 28.3 Å². The van der Waals surface area contributed by atoms with Gasteiger partial charge in [0.25, 0.3) is 0 Å². The van der Waals surface area contributed by atoms with E-state index in [4.69, 9.17) is 20.9 Å². The third-order valence-corrected chi connectivity index (χ3v) is 4.66. The normalized spacial score (nSPS) is 10.8. The van der Waals surface area contributed by atoms with Crippen molar-refractivity contribution in [1.82, 2.24) is 10.1 Å². The Kier molecular flexibility index (Phi) is 6.85. The molecule has 7 nitrogen and oxygen atoms in total. The van der Waals surface area contributed by atoms with Crippen molar-refractivity contribution in [3.63, 3.8) is 0 Å². The smallest absolute Gasteiger partial charge is 0.328 e. The third-order valence-electron chi connectivity index (χ3n) is 4.43. The molecule has 1 amide bonds. The minimum absolute atomic E-state index is 0.0374. The highest BCUT2D eigenvalue weighted by atomic mass is 35.5. The molecule has 152 valence electrons. The summed E-state index contributed by atoms with van der Waals surface area (Å²) in [5, 5.41) is 16.6. The zero-order valence-electron chi connectivity index (χ0n) is 16.2. The Bertz CT molecular complexity index is 1000. The van der Waals surface area contributed by atoms with E-state index in [-0.39, 0.29) is 18.5 Å². The Morgan fingerprint density at radius 3 is 2.83 bits per heavy atom. The second-order valence-corrected chi connectivity index (χ2v) is 6.77. The first kappa shape index (κ1) is 20.8. The first-order chi connectivity index (χ1) is 14.1. The third kappa shape index (κ3) is 4.75. The molecule has 1 aromatic heterocycles. The molecule has 8 heteroatoms. The number of ether oxygens (including phenoxy) is 1. The molecule has 0 saturated carbocycles. The number of carbonyl (C=O) groups excluding carboxylic acids is 1. The van der Waals surface area contributed by atoms with Crippen LogP contribution in [0.5, 0.6) is 5.75 Å². The molecule has 0 aliphatic heterocycles. The van der Waals surface area contributed by atoms with Crippen LogP contribution in [0.4, 0.5) is 6.01 Å². The molecular weight excluding hydrogens is 394 g/mol. The van der Waals surface area contributed by atoms with Gasteiger partial charge in [0.2, 0.25) is 11.7 Å². The molecule has 0 atom stereocenters. The van der Waals surface area contributed by atoms with Gasteiger partial charge in [0.05, 0.1) is 7.11 Å². The van der Waals surface area contributed by atoms with Crippen molar-refractivity contribution >= 4 is 23.5 Å². The predicted molar refractivity (Wildman–Crippen MR) is 111 cm³/mol. The monoisotopic (exact) mass is 415 g/mol. The SMILES string of the molecule is CCC(=O)Nc1nc(-c2ccc(OC)c(-c3cccc(Cl)c3)c2CCCO)no1. The number of aliphatic hydroxyl groups excluding tert-OH is 1. The lowest BCUT2D eigenvalue weighted by molar-refractivity contribution is -0.116. The zero-order chi connectivity index (χ0) is 20.8. The molecule has 0 aliphatic rings. The molecule has 1 heterocycles. The number of aromatic nitrogens is 2. The number of rotatable bonds is 8. The van der Waals surface area contributed by atoms with E-state index in [1.54, 1.807) is 20.1 Å². The van der Waals surface area contributed by atoms with Gasteiger partial charge in [-0.05, 0) is 48.2 Å². The van der Waals surface area contributed by atoms with E-state index in [0.29, 0.717) is 35.9 Å². The number of nitrogens with one attached hydrogen (secondary N) is 1. The van der Waals surface area contributed by atoms with Crippen molar-refractivity contribution in [3.05, 3.63) is 47.0 Å². The van der Waals surface area contributed by atoms with Crippen LogP contribution in [0.1, 0.15) is 25.3 Å². The quantitative estimate of drug-likeness (QED) is 0.568. The molecule has 3 rings (SSSR count). The maximum atomic E-state index is 11.6. The number of nitrogens with zero attached hydrogens (tertiary/aromatic N) is 2. The first-order valence-corrected chi connectivity index (χ1v) is 9.65. The van der Waals surface area contributed by atoms with Crippen LogP contribution < -0.4 is 10.1 Å². The van der Waals surface area contributed by atoms with Crippen molar-refractivity contribution in [2.24, 2.45) is 0 Å². The van der Waals surface area contributed by atoms with Crippen LogP contribution in [0.2, 0.25) is 5.02 Å². The molecule has 0 saturated heterocycles. The Morgan fingerprint density at radius 2 is 2.14 bits per heavy atom. The number of benzene rings is 2. The lowest BCUT2D eigenvalue weighted by Crippen LogP contribution is -2.09. The van der Waals surface area contributed by atoms with E-state index in [2.05, 4.69) is 15.5 Å². The van der Waals surface area contributed by atoms with Gasteiger partial charge in [-0.15, -0.1) is 0 Å². The van der Waals surface area contributed by atoms with Crippen LogP contribution in [0.25, 0.3) is 22.5 Å². The number of halogens is 1. The second kappa shape index (κ2) is 9.54. The van der Waals surface area contributed by atoms with E-state index in [1.807, 2.05) is 30.3 Å². The molecule has 0 bridgehead atoms. The summed E-state index contributed by atoms with van der Waals surface area (Å²) in [6.07, 6.45) is 1.42. The Labute approximate surface area is 173 Å². The summed E-state index contributed by atoms with van der Waals surface area (Å²) in [5.74, 6) is 0.803.